The molecule has 29 heavy (non-hydrogen) atoms. The largest absolute Gasteiger partial charge is 0.352 e. The van der Waals surface area contributed by atoms with E-state index in [1.54, 1.807) is 17.9 Å². The number of carbonyl (C=O) groups excluding carboxylic acids is 1. The number of amides is 1. The molecule has 1 aliphatic heterocycles. The Balaban J connectivity index is 1.52. The van der Waals surface area contributed by atoms with Crippen LogP contribution in [-0.4, -0.2) is 60.7 Å². The summed E-state index contributed by atoms with van der Waals surface area (Å²) in [6.07, 6.45) is 3.15. The van der Waals surface area contributed by atoms with Crippen molar-refractivity contribution in [2.75, 3.05) is 23.3 Å². The Morgan fingerprint density at radius 2 is 1.72 bits per heavy atom. The van der Waals surface area contributed by atoms with Gasteiger partial charge in [0.1, 0.15) is 18.5 Å². The third kappa shape index (κ3) is 4.03. The number of nitrogens with zero attached hydrogens (tertiary/aromatic N) is 7. The quantitative estimate of drug-likeness (QED) is 0.728. The van der Waals surface area contributed by atoms with Gasteiger partial charge in [-0.25, -0.2) is 14.6 Å². The van der Waals surface area contributed by atoms with Crippen molar-refractivity contribution >= 4 is 23.4 Å². The number of para-hydroxylation sites is 1. The molecule has 1 aliphatic rings. The molecule has 9 heteroatoms. The Labute approximate surface area is 169 Å². The molecule has 0 bridgehead atoms. The van der Waals surface area contributed by atoms with Crippen LogP contribution in [0.2, 0.25) is 0 Å². The van der Waals surface area contributed by atoms with Gasteiger partial charge in [-0.1, -0.05) is 18.2 Å². The lowest BCUT2D eigenvalue weighted by molar-refractivity contribution is -0.133. The lowest BCUT2D eigenvalue weighted by Crippen LogP contribution is -2.58. The topological polar surface area (TPSA) is 92.1 Å². The van der Waals surface area contributed by atoms with E-state index in [0.717, 1.165) is 24.6 Å². The van der Waals surface area contributed by atoms with Crippen molar-refractivity contribution in [3.05, 3.63) is 49.1 Å². The van der Waals surface area contributed by atoms with Crippen LogP contribution < -0.4 is 10.2 Å². The molecule has 150 valence electrons. The summed E-state index contributed by atoms with van der Waals surface area (Å²) in [6.45, 7) is 7.19. The standard InChI is InChI=1S/C20H24N8O/c1-14-10-26(11-15(2)28(14)16(3)29)18-9-19(22-12-21-18)27-13-23-20(25-27)24-17-7-5-4-6-8-17/h4-9,12-15H,10-11H2,1-3H3,(H,24,25)/t14-,15+. The molecule has 2 atom stereocenters. The Morgan fingerprint density at radius 3 is 2.41 bits per heavy atom. The molecule has 1 aromatic carbocycles. The fourth-order valence-electron chi connectivity index (χ4n) is 3.85. The Morgan fingerprint density at radius 1 is 1.03 bits per heavy atom. The Kier molecular flexibility index (Phi) is 5.11. The molecule has 3 aromatic rings. The van der Waals surface area contributed by atoms with Crippen molar-refractivity contribution in [3.8, 4) is 5.82 Å². The van der Waals surface area contributed by atoms with Gasteiger partial charge in [-0.3, -0.25) is 4.79 Å². The third-order valence-electron chi connectivity index (χ3n) is 5.00. The first-order valence-corrected chi connectivity index (χ1v) is 9.61. The molecule has 1 saturated heterocycles. The van der Waals surface area contributed by atoms with Gasteiger partial charge in [-0.15, -0.1) is 5.10 Å². The minimum absolute atomic E-state index is 0.106. The van der Waals surface area contributed by atoms with E-state index in [2.05, 4.69) is 44.1 Å². The smallest absolute Gasteiger partial charge is 0.247 e. The van der Waals surface area contributed by atoms with Crippen LogP contribution in [0, 0.1) is 0 Å². The number of piperazine rings is 1. The van der Waals surface area contributed by atoms with E-state index in [0.29, 0.717) is 11.8 Å². The van der Waals surface area contributed by atoms with E-state index in [4.69, 9.17) is 0 Å². The number of carbonyl (C=O) groups is 1. The van der Waals surface area contributed by atoms with Crippen LogP contribution in [0.1, 0.15) is 20.8 Å². The van der Waals surface area contributed by atoms with Crippen LogP contribution in [0.3, 0.4) is 0 Å². The van der Waals surface area contributed by atoms with Crippen molar-refractivity contribution in [1.29, 1.82) is 0 Å². The van der Waals surface area contributed by atoms with E-state index in [9.17, 15) is 4.79 Å². The molecule has 0 aliphatic carbocycles. The Hall–Kier alpha value is -3.49. The van der Waals surface area contributed by atoms with Gasteiger partial charge in [0.2, 0.25) is 11.9 Å². The van der Waals surface area contributed by atoms with Crippen molar-refractivity contribution < 1.29 is 4.79 Å². The van der Waals surface area contributed by atoms with Crippen LogP contribution >= 0.6 is 0 Å². The van der Waals surface area contributed by atoms with Gasteiger partial charge in [-0.05, 0) is 26.0 Å². The zero-order valence-electron chi connectivity index (χ0n) is 16.7. The summed E-state index contributed by atoms with van der Waals surface area (Å²) in [5.41, 5.74) is 0.917. The van der Waals surface area contributed by atoms with E-state index >= 15 is 0 Å². The average Bonchev–Trinajstić information content (AvgIpc) is 3.16. The number of nitrogens with one attached hydrogen (secondary N) is 1. The highest BCUT2D eigenvalue weighted by Crippen LogP contribution is 2.22. The van der Waals surface area contributed by atoms with Crippen LogP contribution in [-0.2, 0) is 4.79 Å². The van der Waals surface area contributed by atoms with Crippen molar-refractivity contribution in [2.24, 2.45) is 0 Å². The zero-order valence-corrected chi connectivity index (χ0v) is 16.7. The number of aromatic nitrogens is 5. The molecule has 0 unspecified atom stereocenters. The highest BCUT2D eigenvalue weighted by molar-refractivity contribution is 5.74. The fourth-order valence-corrected chi connectivity index (χ4v) is 3.85. The molecular weight excluding hydrogens is 368 g/mol. The summed E-state index contributed by atoms with van der Waals surface area (Å²) >= 11 is 0. The number of benzene rings is 1. The summed E-state index contributed by atoms with van der Waals surface area (Å²) in [6, 6.07) is 11.9. The highest BCUT2D eigenvalue weighted by Gasteiger charge is 2.31. The third-order valence-corrected chi connectivity index (χ3v) is 5.00. The highest BCUT2D eigenvalue weighted by atomic mass is 16.2. The van der Waals surface area contributed by atoms with E-state index in [-0.39, 0.29) is 18.0 Å². The predicted octanol–water partition coefficient (Wildman–Crippen LogP) is 2.25. The van der Waals surface area contributed by atoms with E-state index in [1.165, 1.54) is 6.33 Å². The first-order chi connectivity index (χ1) is 14.0. The number of hydrogen-bond acceptors (Lipinski definition) is 7. The van der Waals surface area contributed by atoms with Gasteiger partial charge >= 0.3 is 0 Å². The molecular formula is C20H24N8O. The van der Waals surface area contributed by atoms with E-state index in [1.807, 2.05) is 41.3 Å². The van der Waals surface area contributed by atoms with Crippen LogP contribution in [0.4, 0.5) is 17.5 Å². The second-order valence-electron chi connectivity index (χ2n) is 7.27. The number of anilines is 3. The monoisotopic (exact) mass is 392 g/mol. The lowest BCUT2D eigenvalue weighted by atomic mass is 10.1. The zero-order chi connectivity index (χ0) is 20.4. The number of hydrogen-bond donors (Lipinski definition) is 1. The lowest BCUT2D eigenvalue weighted by Gasteiger charge is -2.44. The molecule has 3 heterocycles. The predicted molar refractivity (Wildman–Crippen MR) is 110 cm³/mol. The summed E-state index contributed by atoms with van der Waals surface area (Å²) in [7, 11) is 0. The van der Waals surface area contributed by atoms with Crippen molar-refractivity contribution in [3.63, 3.8) is 0 Å². The second-order valence-corrected chi connectivity index (χ2v) is 7.27. The molecule has 1 N–H and O–H groups in total. The van der Waals surface area contributed by atoms with Crippen LogP contribution in [0.15, 0.2) is 49.1 Å². The minimum Gasteiger partial charge on any atom is -0.352 e. The fraction of sp³-hybridized carbons (Fsp3) is 0.350. The molecule has 0 radical (unpaired) electrons. The normalized spacial score (nSPS) is 19.3. The van der Waals surface area contributed by atoms with Gasteiger partial charge in [0.25, 0.3) is 0 Å². The van der Waals surface area contributed by atoms with E-state index < -0.39 is 0 Å². The molecule has 1 amide bonds. The van der Waals surface area contributed by atoms with Gasteiger partial charge < -0.3 is 15.1 Å². The first-order valence-electron chi connectivity index (χ1n) is 9.61. The van der Waals surface area contributed by atoms with Gasteiger partial charge in [-0.2, -0.15) is 4.98 Å². The summed E-state index contributed by atoms with van der Waals surface area (Å²) in [5, 5.41) is 7.62. The van der Waals surface area contributed by atoms with Gasteiger partial charge in [0.05, 0.1) is 0 Å². The molecule has 0 saturated carbocycles. The summed E-state index contributed by atoms with van der Waals surface area (Å²) < 4.78 is 1.62. The molecule has 2 aromatic heterocycles. The second kappa shape index (κ2) is 7.86. The van der Waals surface area contributed by atoms with Crippen molar-refractivity contribution in [1.82, 2.24) is 29.6 Å². The molecule has 0 spiro atoms. The Bertz CT molecular complexity index is 977. The van der Waals surface area contributed by atoms with Gasteiger partial charge in [0, 0.05) is 43.9 Å². The molecule has 4 rings (SSSR count). The molecule has 1 fully saturated rings. The molecule has 9 nitrogen and oxygen atoms in total. The van der Waals surface area contributed by atoms with Gasteiger partial charge in [0.15, 0.2) is 5.82 Å². The minimum atomic E-state index is 0.106. The average molecular weight is 392 g/mol. The maximum absolute atomic E-state index is 11.9. The SMILES string of the molecule is CC(=O)N1[C@H](C)CN(c2cc(-n3cnc(Nc4ccccc4)n3)ncn2)C[C@@H]1C. The first kappa shape index (κ1) is 18.9. The number of rotatable bonds is 4. The maximum Gasteiger partial charge on any atom is 0.247 e. The van der Waals surface area contributed by atoms with Crippen molar-refractivity contribution in [2.45, 2.75) is 32.9 Å². The summed E-state index contributed by atoms with van der Waals surface area (Å²) in [5.74, 6) is 2.05. The van der Waals surface area contributed by atoms with Crippen LogP contribution in [0.25, 0.3) is 5.82 Å². The maximum atomic E-state index is 11.9. The van der Waals surface area contributed by atoms with Crippen LogP contribution in [0.5, 0.6) is 0 Å². The summed E-state index contributed by atoms with van der Waals surface area (Å²) in [4.78, 5) is 29.1.